The van der Waals surface area contributed by atoms with Gasteiger partial charge >= 0.3 is 0 Å². The van der Waals surface area contributed by atoms with E-state index in [0.29, 0.717) is 13.0 Å². The Kier molecular flexibility index (Phi) is 2.86. The summed E-state index contributed by atoms with van der Waals surface area (Å²) in [5.74, 6) is -0.425. The number of methoxy groups -OCH3 is 1. The third-order valence-electron chi connectivity index (χ3n) is 5.55. The van der Waals surface area contributed by atoms with E-state index in [9.17, 15) is 4.79 Å². The summed E-state index contributed by atoms with van der Waals surface area (Å²) in [6.45, 7) is 0.695. The zero-order chi connectivity index (χ0) is 15.5. The van der Waals surface area contributed by atoms with Crippen molar-refractivity contribution in [3.05, 3.63) is 35.5 Å². The highest BCUT2D eigenvalue weighted by molar-refractivity contribution is 5.89. The first kappa shape index (κ1) is 13.8. The molecule has 1 aliphatic heterocycles. The normalized spacial score (nSPS) is 31.2. The minimum atomic E-state index is -0.471. The Morgan fingerprint density at radius 3 is 3.05 bits per heavy atom. The Balaban J connectivity index is 1.95. The van der Waals surface area contributed by atoms with Crippen molar-refractivity contribution < 1.29 is 9.53 Å². The average Bonchev–Trinajstić information content (AvgIpc) is 2.93. The van der Waals surface area contributed by atoms with E-state index in [1.54, 1.807) is 7.11 Å². The molecule has 0 bridgehead atoms. The third kappa shape index (κ3) is 1.63. The van der Waals surface area contributed by atoms with E-state index in [0.717, 1.165) is 11.9 Å². The number of hydrogen-bond acceptors (Lipinski definition) is 3. The fraction of sp³-hybridized carbons (Fsp3) is 0.471. The first-order valence-electron chi connectivity index (χ1n) is 7.71. The molecule has 1 aromatic heterocycles. The molecule has 0 spiro atoms. The Bertz CT molecular complexity index is 753. The van der Waals surface area contributed by atoms with Crippen LogP contribution in [0.1, 0.15) is 17.5 Å². The number of hydrogen-bond donors (Lipinski definition) is 2. The van der Waals surface area contributed by atoms with Crippen molar-refractivity contribution in [3.63, 3.8) is 0 Å². The number of aromatic amines is 1. The lowest BCUT2D eigenvalue weighted by Gasteiger charge is -2.52. The third-order valence-corrected chi connectivity index (χ3v) is 5.55. The van der Waals surface area contributed by atoms with Crippen molar-refractivity contribution in [2.45, 2.75) is 24.5 Å². The van der Waals surface area contributed by atoms with Crippen LogP contribution in [0, 0.1) is 5.92 Å². The SMILES string of the molecule is CO[C@]12C[C@H](C(N)=O)CN(C)[C@@H]1Cc1c[nH]c3cccc2c13. The number of nitrogens with one attached hydrogen (secondary N) is 1. The topological polar surface area (TPSA) is 71.3 Å². The fourth-order valence-corrected chi connectivity index (χ4v) is 4.51. The molecule has 2 heterocycles. The predicted molar refractivity (Wildman–Crippen MR) is 84.4 cm³/mol. The van der Waals surface area contributed by atoms with Crippen molar-refractivity contribution in [1.82, 2.24) is 9.88 Å². The Labute approximate surface area is 129 Å². The maximum absolute atomic E-state index is 11.8. The maximum atomic E-state index is 11.8. The molecule has 4 rings (SSSR count). The van der Waals surface area contributed by atoms with Crippen LogP contribution in [0.15, 0.2) is 24.4 Å². The number of ether oxygens (including phenoxy) is 1. The molecule has 1 aliphatic carbocycles. The van der Waals surface area contributed by atoms with Crippen LogP contribution in [-0.4, -0.2) is 42.5 Å². The molecule has 0 radical (unpaired) electrons. The van der Waals surface area contributed by atoms with Gasteiger partial charge in [0.2, 0.25) is 5.91 Å². The van der Waals surface area contributed by atoms with E-state index in [1.165, 1.54) is 16.5 Å². The molecular weight excluding hydrogens is 278 g/mol. The largest absolute Gasteiger partial charge is 0.372 e. The molecular formula is C17H21N3O2. The molecule has 2 aliphatic rings. The van der Waals surface area contributed by atoms with E-state index in [1.807, 2.05) is 0 Å². The van der Waals surface area contributed by atoms with Gasteiger partial charge in [0.05, 0.1) is 5.92 Å². The Morgan fingerprint density at radius 2 is 2.32 bits per heavy atom. The summed E-state index contributed by atoms with van der Waals surface area (Å²) in [5.41, 5.74) is 8.77. The van der Waals surface area contributed by atoms with Crippen LogP contribution in [-0.2, 0) is 21.6 Å². The van der Waals surface area contributed by atoms with Crippen LogP contribution in [0.3, 0.4) is 0 Å². The minimum Gasteiger partial charge on any atom is -0.372 e. The molecule has 5 heteroatoms. The lowest BCUT2D eigenvalue weighted by atomic mass is 9.68. The number of aromatic nitrogens is 1. The molecule has 1 aromatic carbocycles. The number of rotatable bonds is 2. The average molecular weight is 299 g/mol. The van der Waals surface area contributed by atoms with Crippen molar-refractivity contribution in [1.29, 1.82) is 0 Å². The molecule has 1 saturated heterocycles. The van der Waals surface area contributed by atoms with E-state index in [2.05, 4.69) is 41.3 Å². The number of H-pyrrole nitrogens is 1. The number of fused-ring (bicyclic) bond motifs is 2. The summed E-state index contributed by atoms with van der Waals surface area (Å²) in [5, 5.41) is 1.25. The number of amides is 1. The molecule has 22 heavy (non-hydrogen) atoms. The number of benzene rings is 1. The number of carbonyl (C=O) groups excluding carboxylic acids is 1. The fourth-order valence-electron chi connectivity index (χ4n) is 4.51. The monoisotopic (exact) mass is 299 g/mol. The Morgan fingerprint density at radius 1 is 1.50 bits per heavy atom. The van der Waals surface area contributed by atoms with Gasteiger partial charge in [-0.05, 0) is 37.1 Å². The summed E-state index contributed by atoms with van der Waals surface area (Å²) in [7, 11) is 3.81. The van der Waals surface area contributed by atoms with Gasteiger partial charge in [-0.3, -0.25) is 9.69 Å². The summed E-state index contributed by atoms with van der Waals surface area (Å²) in [6, 6.07) is 6.49. The highest BCUT2D eigenvalue weighted by Gasteiger charge is 2.52. The summed E-state index contributed by atoms with van der Waals surface area (Å²) in [6.07, 6.45) is 3.67. The number of carbonyl (C=O) groups is 1. The Hall–Kier alpha value is -1.85. The number of piperidine rings is 1. The second kappa shape index (κ2) is 4.57. The molecule has 1 amide bonds. The van der Waals surface area contributed by atoms with Gasteiger partial charge in [0.1, 0.15) is 5.60 Å². The van der Waals surface area contributed by atoms with Crippen molar-refractivity contribution in [2.24, 2.45) is 11.7 Å². The summed E-state index contributed by atoms with van der Waals surface area (Å²) in [4.78, 5) is 17.4. The van der Waals surface area contributed by atoms with E-state index in [4.69, 9.17) is 10.5 Å². The van der Waals surface area contributed by atoms with Gasteiger partial charge in [-0.25, -0.2) is 0 Å². The van der Waals surface area contributed by atoms with Gasteiger partial charge in [0.15, 0.2) is 0 Å². The van der Waals surface area contributed by atoms with Crippen LogP contribution in [0.25, 0.3) is 10.9 Å². The number of likely N-dealkylation sites (tertiary alicyclic amines) is 1. The minimum absolute atomic E-state index is 0.183. The van der Waals surface area contributed by atoms with E-state index in [-0.39, 0.29) is 17.9 Å². The molecule has 3 N–H and O–H groups in total. The number of primary amides is 1. The molecule has 0 saturated carbocycles. The second-order valence-corrected chi connectivity index (χ2v) is 6.60. The molecule has 5 nitrogen and oxygen atoms in total. The van der Waals surface area contributed by atoms with Gasteiger partial charge in [0.25, 0.3) is 0 Å². The maximum Gasteiger partial charge on any atom is 0.221 e. The van der Waals surface area contributed by atoms with Gasteiger partial charge in [-0.1, -0.05) is 12.1 Å². The smallest absolute Gasteiger partial charge is 0.221 e. The quantitative estimate of drug-likeness (QED) is 0.880. The van der Waals surface area contributed by atoms with Gasteiger partial charge < -0.3 is 15.5 Å². The van der Waals surface area contributed by atoms with Crippen molar-refractivity contribution in [2.75, 3.05) is 20.7 Å². The van der Waals surface area contributed by atoms with Crippen LogP contribution in [0.5, 0.6) is 0 Å². The molecule has 116 valence electrons. The van der Waals surface area contributed by atoms with Gasteiger partial charge in [0, 0.05) is 36.8 Å². The second-order valence-electron chi connectivity index (χ2n) is 6.60. The van der Waals surface area contributed by atoms with Gasteiger partial charge in [-0.2, -0.15) is 0 Å². The molecule has 1 fully saturated rings. The highest BCUT2D eigenvalue weighted by Crippen LogP contribution is 2.49. The molecule has 0 unspecified atom stereocenters. The molecule has 3 atom stereocenters. The zero-order valence-electron chi connectivity index (χ0n) is 12.9. The van der Waals surface area contributed by atoms with E-state index >= 15 is 0 Å². The first-order valence-corrected chi connectivity index (χ1v) is 7.71. The summed E-state index contributed by atoms with van der Waals surface area (Å²) >= 11 is 0. The van der Waals surface area contributed by atoms with Gasteiger partial charge in [-0.15, -0.1) is 0 Å². The number of nitrogens with zero attached hydrogens (tertiary/aromatic N) is 1. The van der Waals surface area contributed by atoms with Crippen LogP contribution >= 0.6 is 0 Å². The number of nitrogens with two attached hydrogens (primary N) is 1. The van der Waals surface area contributed by atoms with Crippen LogP contribution in [0.4, 0.5) is 0 Å². The van der Waals surface area contributed by atoms with E-state index < -0.39 is 5.60 Å². The first-order chi connectivity index (χ1) is 10.6. The highest BCUT2D eigenvalue weighted by atomic mass is 16.5. The van der Waals surface area contributed by atoms with Crippen LogP contribution in [0.2, 0.25) is 0 Å². The van der Waals surface area contributed by atoms with Crippen LogP contribution < -0.4 is 5.73 Å². The lowest BCUT2D eigenvalue weighted by molar-refractivity contribution is -0.145. The van der Waals surface area contributed by atoms with Crippen molar-refractivity contribution in [3.8, 4) is 0 Å². The zero-order valence-corrected chi connectivity index (χ0v) is 12.9. The predicted octanol–water partition coefficient (Wildman–Crippen LogP) is 1.37. The van der Waals surface area contributed by atoms with Crippen molar-refractivity contribution >= 4 is 16.8 Å². The lowest BCUT2D eigenvalue weighted by Crippen LogP contribution is -2.60. The summed E-state index contributed by atoms with van der Waals surface area (Å²) < 4.78 is 6.09. The number of likely N-dealkylation sites (N-methyl/N-ethyl adjacent to an activating group) is 1. The standard InChI is InChI=1S/C17H21N3O2/c1-20-9-11(16(18)21)7-17(22-2)12-4-3-5-13-15(12)10(8-19-13)6-14(17)20/h3-5,8,11,14,19H,6-7,9H2,1-2H3,(H2,18,21)/t11-,14+,17-/m0/s1. The molecule has 2 aromatic rings.